The van der Waals surface area contributed by atoms with E-state index < -0.39 is 0 Å². The van der Waals surface area contributed by atoms with Crippen molar-refractivity contribution in [3.8, 4) is 0 Å². The van der Waals surface area contributed by atoms with Crippen molar-refractivity contribution in [2.24, 2.45) is 5.73 Å². The van der Waals surface area contributed by atoms with E-state index in [1.807, 2.05) is 26.8 Å². The van der Waals surface area contributed by atoms with E-state index in [1.165, 1.54) is 5.52 Å². The molecule has 116 valence electrons. The Bertz CT molecular complexity index is 583. The monoisotopic (exact) mass is 289 g/mol. The zero-order valence-corrected chi connectivity index (χ0v) is 13.6. The van der Waals surface area contributed by atoms with Gasteiger partial charge in [0.1, 0.15) is 5.82 Å². The number of hydrogen-bond acceptors (Lipinski definition) is 3. The van der Waals surface area contributed by atoms with Crippen LogP contribution in [0.2, 0.25) is 0 Å². The van der Waals surface area contributed by atoms with Crippen LogP contribution in [0.3, 0.4) is 0 Å². The van der Waals surface area contributed by atoms with Crippen LogP contribution in [0.1, 0.15) is 39.9 Å². The quantitative estimate of drug-likeness (QED) is 0.889. The molecule has 0 aliphatic heterocycles. The molecule has 1 aromatic heterocycles. The lowest BCUT2D eigenvalue weighted by Crippen LogP contribution is -2.34. The molecule has 1 aromatic carbocycles. The third kappa shape index (κ3) is 4.29. The molecule has 0 aliphatic rings. The smallest absolute Gasteiger partial charge is 0.111 e. The largest absolute Gasteiger partial charge is 0.374 e. The summed E-state index contributed by atoms with van der Waals surface area (Å²) in [7, 11) is 0. The number of para-hydroxylation sites is 2. The Morgan fingerprint density at radius 1 is 1.29 bits per heavy atom. The molecule has 2 rings (SSSR count). The minimum absolute atomic E-state index is 0.0309. The van der Waals surface area contributed by atoms with Crippen LogP contribution in [-0.4, -0.2) is 27.8 Å². The van der Waals surface area contributed by atoms with Gasteiger partial charge in [0.15, 0.2) is 0 Å². The predicted molar refractivity (Wildman–Crippen MR) is 87.4 cm³/mol. The molecule has 0 spiro atoms. The highest BCUT2D eigenvalue weighted by Crippen LogP contribution is 2.18. The van der Waals surface area contributed by atoms with Crippen LogP contribution >= 0.6 is 0 Å². The van der Waals surface area contributed by atoms with Crippen LogP contribution in [0.4, 0.5) is 0 Å². The van der Waals surface area contributed by atoms with Gasteiger partial charge in [0.25, 0.3) is 0 Å². The lowest BCUT2D eigenvalue weighted by Gasteiger charge is -2.22. The summed E-state index contributed by atoms with van der Waals surface area (Å²) in [6, 6.07) is 8.23. The highest BCUT2D eigenvalue weighted by molar-refractivity contribution is 5.75. The van der Waals surface area contributed by atoms with Gasteiger partial charge in [-0.3, -0.25) is 0 Å². The van der Waals surface area contributed by atoms with Gasteiger partial charge >= 0.3 is 0 Å². The van der Waals surface area contributed by atoms with Crippen LogP contribution in [0.25, 0.3) is 11.0 Å². The first kappa shape index (κ1) is 16.0. The molecule has 1 unspecified atom stereocenters. The summed E-state index contributed by atoms with van der Waals surface area (Å²) in [5.41, 5.74) is 8.31. The Morgan fingerprint density at radius 3 is 2.67 bits per heavy atom. The molecule has 0 amide bonds. The number of benzene rings is 1. The van der Waals surface area contributed by atoms with Crippen LogP contribution in [0.5, 0.6) is 0 Å². The van der Waals surface area contributed by atoms with Crippen molar-refractivity contribution in [1.29, 1.82) is 0 Å². The number of hydrogen-bond donors (Lipinski definition) is 1. The Balaban J connectivity index is 2.15. The van der Waals surface area contributed by atoms with Crippen molar-refractivity contribution in [2.45, 2.75) is 58.7 Å². The lowest BCUT2D eigenvalue weighted by atomic mass is 10.1. The second-order valence-electron chi connectivity index (χ2n) is 6.56. The Hall–Kier alpha value is -1.39. The molecule has 0 saturated heterocycles. The number of aromatic nitrogens is 2. The number of ether oxygens (including phenoxy) is 1. The summed E-state index contributed by atoms with van der Waals surface area (Å²) in [6.45, 7) is 9.85. The highest BCUT2D eigenvalue weighted by Gasteiger charge is 2.16. The van der Waals surface area contributed by atoms with Crippen molar-refractivity contribution in [3.63, 3.8) is 0 Å². The van der Waals surface area contributed by atoms with Crippen LogP contribution in [0, 0.1) is 0 Å². The molecule has 2 aromatic rings. The first-order chi connectivity index (χ1) is 9.90. The van der Waals surface area contributed by atoms with E-state index in [-0.39, 0.29) is 11.6 Å². The SMILES string of the molecule is CCCn1c(CC(N)COC(C)(C)C)nc2ccccc21. The summed E-state index contributed by atoms with van der Waals surface area (Å²) >= 11 is 0. The number of nitrogens with two attached hydrogens (primary N) is 1. The maximum atomic E-state index is 6.22. The summed E-state index contributed by atoms with van der Waals surface area (Å²) in [6.07, 6.45) is 1.83. The zero-order chi connectivity index (χ0) is 15.5. The van der Waals surface area contributed by atoms with E-state index in [1.54, 1.807) is 0 Å². The maximum Gasteiger partial charge on any atom is 0.111 e. The third-order valence-corrected chi connectivity index (χ3v) is 3.36. The van der Waals surface area contributed by atoms with E-state index in [9.17, 15) is 0 Å². The van der Waals surface area contributed by atoms with Gasteiger partial charge in [0, 0.05) is 19.0 Å². The number of imidazole rings is 1. The van der Waals surface area contributed by atoms with Crippen LogP contribution < -0.4 is 5.73 Å². The van der Waals surface area contributed by atoms with Gasteiger partial charge < -0.3 is 15.0 Å². The molecule has 4 nitrogen and oxygen atoms in total. The van der Waals surface area contributed by atoms with Gasteiger partial charge in [-0.05, 0) is 39.3 Å². The summed E-state index contributed by atoms with van der Waals surface area (Å²) in [5, 5.41) is 0. The van der Waals surface area contributed by atoms with Crippen molar-refractivity contribution in [2.75, 3.05) is 6.61 Å². The molecule has 0 saturated carbocycles. The number of nitrogens with zero attached hydrogens (tertiary/aromatic N) is 2. The van der Waals surface area contributed by atoms with Crippen molar-refractivity contribution < 1.29 is 4.74 Å². The first-order valence-corrected chi connectivity index (χ1v) is 7.74. The lowest BCUT2D eigenvalue weighted by molar-refractivity contribution is -0.0101. The van der Waals surface area contributed by atoms with E-state index in [0.29, 0.717) is 6.61 Å². The average Bonchev–Trinajstić information content (AvgIpc) is 2.74. The molecule has 0 radical (unpaired) electrons. The third-order valence-electron chi connectivity index (χ3n) is 3.36. The van der Waals surface area contributed by atoms with Crippen molar-refractivity contribution >= 4 is 11.0 Å². The topological polar surface area (TPSA) is 53.1 Å². The number of aryl methyl sites for hydroxylation is 1. The molecule has 1 heterocycles. The fourth-order valence-electron chi connectivity index (χ4n) is 2.40. The molecule has 4 heteroatoms. The fourth-order valence-corrected chi connectivity index (χ4v) is 2.40. The minimum Gasteiger partial charge on any atom is -0.374 e. The second-order valence-corrected chi connectivity index (χ2v) is 6.56. The maximum absolute atomic E-state index is 6.22. The van der Waals surface area contributed by atoms with Gasteiger partial charge in [0.2, 0.25) is 0 Å². The zero-order valence-electron chi connectivity index (χ0n) is 13.6. The van der Waals surface area contributed by atoms with E-state index in [0.717, 1.165) is 30.7 Å². The highest BCUT2D eigenvalue weighted by atomic mass is 16.5. The standard InChI is InChI=1S/C17H27N3O/c1-5-10-20-15-9-7-6-8-14(15)19-16(20)11-13(18)12-21-17(2,3)4/h6-9,13H,5,10-12,18H2,1-4H3. The molecule has 0 fully saturated rings. The van der Waals surface area contributed by atoms with Gasteiger partial charge in [-0.1, -0.05) is 19.1 Å². The van der Waals surface area contributed by atoms with E-state index in [4.69, 9.17) is 15.5 Å². The van der Waals surface area contributed by atoms with Crippen molar-refractivity contribution in [1.82, 2.24) is 9.55 Å². The molecular formula is C17H27N3O. The predicted octanol–water partition coefficient (Wildman–Crippen LogP) is 3.13. The van der Waals surface area contributed by atoms with Gasteiger partial charge in [-0.25, -0.2) is 4.98 Å². The Morgan fingerprint density at radius 2 is 2.00 bits per heavy atom. The molecule has 1 atom stereocenters. The number of rotatable bonds is 6. The minimum atomic E-state index is -0.152. The molecule has 2 N–H and O–H groups in total. The second kappa shape index (κ2) is 6.58. The molecule has 0 aliphatic carbocycles. The van der Waals surface area contributed by atoms with Crippen LogP contribution in [-0.2, 0) is 17.7 Å². The molecular weight excluding hydrogens is 262 g/mol. The normalized spacial score (nSPS) is 13.8. The molecule has 0 bridgehead atoms. The molecule has 21 heavy (non-hydrogen) atoms. The van der Waals surface area contributed by atoms with E-state index >= 15 is 0 Å². The van der Waals surface area contributed by atoms with E-state index in [2.05, 4.69) is 29.7 Å². The summed E-state index contributed by atoms with van der Waals surface area (Å²) < 4.78 is 8.06. The Labute approximate surface area is 127 Å². The van der Waals surface area contributed by atoms with Gasteiger partial charge in [0.05, 0.1) is 23.2 Å². The first-order valence-electron chi connectivity index (χ1n) is 7.74. The van der Waals surface area contributed by atoms with Crippen LogP contribution in [0.15, 0.2) is 24.3 Å². The Kier molecular flexibility index (Phi) is 5.01. The van der Waals surface area contributed by atoms with Gasteiger partial charge in [-0.2, -0.15) is 0 Å². The average molecular weight is 289 g/mol. The number of fused-ring (bicyclic) bond motifs is 1. The van der Waals surface area contributed by atoms with Gasteiger partial charge in [-0.15, -0.1) is 0 Å². The fraction of sp³-hybridized carbons (Fsp3) is 0.588. The van der Waals surface area contributed by atoms with Crippen molar-refractivity contribution in [3.05, 3.63) is 30.1 Å². The summed E-state index contributed by atoms with van der Waals surface area (Å²) in [4.78, 5) is 4.74. The summed E-state index contributed by atoms with van der Waals surface area (Å²) in [5.74, 6) is 1.06.